The van der Waals surface area contributed by atoms with Gasteiger partial charge in [-0.05, 0) is 37.0 Å². The van der Waals surface area contributed by atoms with Gasteiger partial charge >= 0.3 is 5.97 Å². The summed E-state index contributed by atoms with van der Waals surface area (Å²) in [6, 6.07) is 9.49. The average molecular weight is 483 g/mol. The van der Waals surface area contributed by atoms with Gasteiger partial charge in [0.25, 0.3) is 5.91 Å². The average Bonchev–Trinajstić information content (AvgIpc) is 3.36. The molecule has 1 aromatic carbocycles. The van der Waals surface area contributed by atoms with Gasteiger partial charge < -0.3 is 15.4 Å². The summed E-state index contributed by atoms with van der Waals surface area (Å²) in [7, 11) is 0. The maximum absolute atomic E-state index is 13.0. The molecule has 1 aliphatic carbocycles. The minimum absolute atomic E-state index is 0.152. The Morgan fingerprint density at radius 3 is 2.77 bits per heavy atom. The van der Waals surface area contributed by atoms with E-state index in [0.29, 0.717) is 33.4 Å². The second-order valence-electron chi connectivity index (χ2n) is 7.52. The molecule has 1 aliphatic rings. The van der Waals surface area contributed by atoms with Gasteiger partial charge in [-0.15, -0.1) is 23.1 Å². The van der Waals surface area contributed by atoms with Crippen molar-refractivity contribution in [2.75, 3.05) is 0 Å². The smallest absolute Gasteiger partial charge is 0.319 e. The highest BCUT2D eigenvalue weighted by atomic mass is 35.5. The van der Waals surface area contributed by atoms with Gasteiger partial charge in [-0.25, -0.2) is 0 Å². The summed E-state index contributed by atoms with van der Waals surface area (Å²) in [5, 5.41) is 13.1. The molecule has 0 bridgehead atoms. The number of amides is 1. The van der Waals surface area contributed by atoms with Gasteiger partial charge in [-0.2, -0.15) is 0 Å². The summed E-state index contributed by atoms with van der Waals surface area (Å²) in [5.41, 5.74) is 3.27. The standard InChI is InChI=1S/C21H20Cl2N2O3S2/c1-3-21(2,20(27)28)30-17-11-7-5-4-6-10(11)8-12(17)25-19(26)13-9-14-16(24-13)15(22)18(23)29-14/h4-7,9,12,17,24H,3,8H2,1-2H3,(H,25,26)(H,27,28)/t12-,17-,21?/m1/s1. The number of hydrogen-bond donors (Lipinski definition) is 3. The van der Waals surface area contributed by atoms with Crippen molar-refractivity contribution in [2.24, 2.45) is 0 Å². The maximum atomic E-state index is 13.0. The van der Waals surface area contributed by atoms with Crippen LogP contribution in [0, 0.1) is 0 Å². The highest BCUT2D eigenvalue weighted by molar-refractivity contribution is 8.01. The fourth-order valence-electron chi connectivity index (χ4n) is 3.68. The zero-order chi connectivity index (χ0) is 21.6. The lowest BCUT2D eigenvalue weighted by Crippen LogP contribution is -2.40. The molecular weight excluding hydrogens is 463 g/mol. The SMILES string of the molecule is CCC(C)(S[C@@H]1c2ccccc2C[C@H]1NC(=O)c1cc2sc(Cl)c(Cl)c2[nH]1)C(=O)O. The Morgan fingerprint density at radius 1 is 1.37 bits per heavy atom. The number of aromatic nitrogens is 1. The lowest BCUT2D eigenvalue weighted by atomic mass is 10.1. The molecule has 0 radical (unpaired) electrons. The lowest BCUT2D eigenvalue weighted by molar-refractivity contribution is -0.139. The first-order valence-electron chi connectivity index (χ1n) is 9.50. The number of halogens is 2. The van der Waals surface area contributed by atoms with Crippen LogP contribution < -0.4 is 5.32 Å². The molecule has 5 nitrogen and oxygen atoms in total. The van der Waals surface area contributed by atoms with Gasteiger partial charge in [0.1, 0.15) is 14.8 Å². The third kappa shape index (κ3) is 3.73. The summed E-state index contributed by atoms with van der Waals surface area (Å²) >= 11 is 15.0. The number of carboxylic acids is 1. The van der Waals surface area contributed by atoms with E-state index in [2.05, 4.69) is 10.3 Å². The first-order chi connectivity index (χ1) is 14.2. The zero-order valence-corrected chi connectivity index (χ0v) is 19.4. The highest BCUT2D eigenvalue weighted by Gasteiger charge is 2.42. The molecule has 2 heterocycles. The number of hydrogen-bond acceptors (Lipinski definition) is 4. The van der Waals surface area contributed by atoms with E-state index in [-0.39, 0.29) is 17.2 Å². The van der Waals surface area contributed by atoms with Crippen molar-refractivity contribution in [1.29, 1.82) is 0 Å². The monoisotopic (exact) mass is 482 g/mol. The van der Waals surface area contributed by atoms with Crippen molar-refractivity contribution < 1.29 is 14.7 Å². The molecule has 0 saturated carbocycles. The number of H-pyrrole nitrogens is 1. The number of thioether (sulfide) groups is 1. The summed E-state index contributed by atoms with van der Waals surface area (Å²) < 4.78 is 0.366. The molecule has 1 unspecified atom stereocenters. The number of benzene rings is 1. The van der Waals surface area contributed by atoms with Crippen molar-refractivity contribution in [3.63, 3.8) is 0 Å². The van der Waals surface area contributed by atoms with Crippen LogP contribution in [-0.4, -0.2) is 32.8 Å². The van der Waals surface area contributed by atoms with Crippen LogP contribution >= 0.6 is 46.3 Å². The number of fused-ring (bicyclic) bond motifs is 2. The number of thiophene rings is 1. The molecule has 1 amide bonds. The minimum Gasteiger partial charge on any atom is -0.480 e. The summed E-state index contributed by atoms with van der Waals surface area (Å²) in [5.74, 6) is -1.09. The van der Waals surface area contributed by atoms with Gasteiger partial charge in [0.15, 0.2) is 0 Å². The first kappa shape index (κ1) is 21.6. The van der Waals surface area contributed by atoms with Crippen molar-refractivity contribution in [3.8, 4) is 0 Å². The third-order valence-corrected chi connectivity index (χ3v) is 9.37. The molecule has 0 spiro atoms. The second kappa shape index (κ2) is 8.11. The predicted molar refractivity (Wildman–Crippen MR) is 124 cm³/mol. The van der Waals surface area contributed by atoms with Crippen LogP contribution in [0.15, 0.2) is 30.3 Å². The van der Waals surface area contributed by atoms with Crippen LogP contribution in [0.2, 0.25) is 9.36 Å². The van der Waals surface area contributed by atoms with E-state index in [0.717, 1.165) is 15.8 Å². The fourth-order valence-corrected chi connectivity index (χ4v) is 6.68. The molecule has 4 rings (SSSR count). The van der Waals surface area contributed by atoms with Crippen molar-refractivity contribution in [1.82, 2.24) is 10.3 Å². The molecule has 3 atom stereocenters. The molecule has 158 valence electrons. The Hall–Kier alpha value is -1.67. The molecule has 0 aliphatic heterocycles. The topological polar surface area (TPSA) is 82.2 Å². The summed E-state index contributed by atoms with van der Waals surface area (Å²) in [6.07, 6.45) is 1.14. The molecule has 0 fully saturated rings. The Morgan fingerprint density at radius 2 is 2.10 bits per heavy atom. The van der Waals surface area contributed by atoms with Crippen molar-refractivity contribution in [3.05, 3.63) is 56.5 Å². The molecule has 0 saturated heterocycles. The van der Waals surface area contributed by atoms with Crippen LogP contribution in [0.5, 0.6) is 0 Å². The molecule has 9 heteroatoms. The van der Waals surface area contributed by atoms with Gasteiger partial charge in [0, 0.05) is 6.04 Å². The van der Waals surface area contributed by atoms with E-state index in [4.69, 9.17) is 23.2 Å². The zero-order valence-electron chi connectivity index (χ0n) is 16.3. The van der Waals surface area contributed by atoms with Crippen LogP contribution in [-0.2, 0) is 11.2 Å². The number of aromatic amines is 1. The van der Waals surface area contributed by atoms with Gasteiger partial charge in [0.2, 0.25) is 0 Å². The summed E-state index contributed by atoms with van der Waals surface area (Å²) in [6.45, 7) is 3.61. The van der Waals surface area contributed by atoms with Crippen LogP contribution in [0.25, 0.3) is 10.2 Å². The van der Waals surface area contributed by atoms with Crippen LogP contribution in [0.3, 0.4) is 0 Å². The Kier molecular flexibility index (Phi) is 5.83. The van der Waals surface area contributed by atoms with E-state index >= 15 is 0 Å². The molecule has 3 N–H and O–H groups in total. The van der Waals surface area contributed by atoms with E-state index in [1.165, 1.54) is 23.1 Å². The molecular formula is C21H20Cl2N2O3S2. The maximum Gasteiger partial charge on any atom is 0.319 e. The van der Waals surface area contributed by atoms with E-state index in [1.54, 1.807) is 13.0 Å². The van der Waals surface area contributed by atoms with E-state index < -0.39 is 10.7 Å². The first-order valence-corrected chi connectivity index (χ1v) is 11.9. The van der Waals surface area contributed by atoms with Crippen LogP contribution in [0.4, 0.5) is 0 Å². The minimum atomic E-state index is -0.940. The lowest BCUT2D eigenvalue weighted by Gasteiger charge is -2.30. The number of carboxylic acid groups (broad SMARTS) is 1. The quantitative estimate of drug-likeness (QED) is 0.407. The number of carbonyl (C=O) groups excluding carboxylic acids is 1. The van der Waals surface area contributed by atoms with Gasteiger partial charge in [-0.3, -0.25) is 9.59 Å². The number of rotatable bonds is 6. The Bertz CT molecular complexity index is 1140. The number of aliphatic carboxylic acids is 1. The third-order valence-electron chi connectivity index (χ3n) is 5.62. The van der Waals surface area contributed by atoms with Gasteiger partial charge in [0.05, 0.1) is 20.5 Å². The van der Waals surface area contributed by atoms with Crippen molar-refractivity contribution in [2.45, 2.75) is 42.7 Å². The normalized spacial score (nSPS) is 20.1. The molecule has 30 heavy (non-hydrogen) atoms. The Balaban J connectivity index is 1.61. The largest absolute Gasteiger partial charge is 0.480 e. The summed E-state index contributed by atoms with van der Waals surface area (Å²) in [4.78, 5) is 27.9. The van der Waals surface area contributed by atoms with Crippen LogP contribution in [0.1, 0.15) is 47.1 Å². The van der Waals surface area contributed by atoms with E-state index in [9.17, 15) is 14.7 Å². The number of nitrogens with one attached hydrogen (secondary N) is 2. The van der Waals surface area contributed by atoms with E-state index in [1.807, 2.05) is 31.2 Å². The molecule has 3 aromatic rings. The van der Waals surface area contributed by atoms with Crippen molar-refractivity contribution >= 4 is 68.4 Å². The highest BCUT2D eigenvalue weighted by Crippen LogP contribution is 2.48. The predicted octanol–water partition coefficient (Wildman–Crippen LogP) is 5.92. The molecule has 2 aromatic heterocycles. The van der Waals surface area contributed by atoms with Gasteiger partial charge in [-0.1, -0.05) is 54.4 Å². The number of carbonyl (C=O) groups is 2. The Labute approximate surface area is 192 Å². The second-order valence-corrected chi connectivity index (χ2v) is 11.2. The fraction of sp³-hybridized carbons (Fsp3) is 0.333.